The maximum absolute atomic E-state index is 4.43. The van der Waals surface area contributed by atoms with Gasteiger partial charge >= 0.3 is 0 Å². The topological polar surface area (TPSA) is 63.4 Å². The fourth-order valence-electron chi connectivity index (χ4n) is 2.90. The molecule has 1 aromatic heterocycles. The number of rotatable bonds is 6. The second-order valence-electron chi connectivity index (χ2n) is 6.49. The van der Waals surface area contributed by atoms with Crippen molar-refractivity contribution in [2.45, 2.75) is 0 Å². The summed E-state index contributed by atoms with van der Waals surface area (Å²) in [6.45, 7) is 7.30. The van der Waals surface area contributed by atoms with Gasteiger partial charge in [-0.15, -0.1) is 0 Å². The first-order valence-electron chi connectivity index (χ1n) is 9.40. The van der Waals surface area contributed by atoms with Crippen LogP contribution in [0.5, 0.6) is 0 Å². The van der Waals surface area contributed by atoms with Crippen LogP contribution >= 0.6 is 0 Å². The summed E-state index contributed by atoms with van der Waals surface area (Å²) in [5, 5.41) is 0. The summed E-state index contributed by atoms with van der Waals surface area (Å²) in [6, 6.07) is 26.0. The van der Waals surface area contributed by atoms with Crippen LogP contribution < -0.4 is 0 Å². The molecule has 0 saturated carbocycles. The number of hydrogen-bond acceptors (Lipinski definition) is 5. The number of benzene rings is 3. The zero-order valence-corrected chi connectivity index (χ0v) is 16.3. The summed E-state index contributed by atoms with van der Waals surface area (Å²) in [5.41, 5.74) is 5.19. The van der Waals surface area contributed by atoms with Gasteiger partial charge in [0.25, 0.3) is 11.9 Å². The first-order chi connectivity index (χ1) is 14.7. The Kier molecular flexibility index (Phi) is 5.62. The van der Waals surface area contributed by atoms with E-state index in [0.29, 0.717) is 5.82 Å². The largest absolute Gasteiger partial charge is 0.254 e. The van der Waals surface area contributed by atoms with E-state index in [9.17, 15) is 0 Å². The van der Waals surface area contributed by atoms with Gasteiger partial charge in [0.1, 0.15) is 0 Å². The molecule has 3 aromatic carbocycles. The van der Waals surface area contributed by atoms with Gasteiger partial charge in [0.15, 0.2) is 5.82 Å². The first kappa shape index (κ1) is 19.1. The van der Waals surface area contributed by atoms with E-state index in [1.165, 1.54) is 0 Å². The summed E-state index contributed by atoms with van der Waals surface area (Å²) in [5.74, 6) is 1.04. The van der Waals surface area contributed by atoms with E-state index in [-0.39, 0.29) is 11.9 Å². The van der Waals surface area contributed by atoms with E-state index in [2.05, 4.69) is 62.5 Å². The molecule has 5 nitrogen and oxygen atoms in total. The van der Waals surface area contributed by atoms with E-state index in [0.717, 1.165) is 27.8 Å². The Morgan fingerprint density at radius 2 is 1.23 bits per heavy atom. The van der Waals surface area contributed by atoms with Crippen molar-refractivity contribution in [2.24, 2.45) is 9.98 Å². The molecule has 0 bridgehead atoms. The molecule has 0 unspecified atom stereocenters. The average molecular weight is 389 g/mol. The fourth-order valence-corrected chi connectivity index (χ4v) is 2.90. The third-order valence-electron chi connectivity index (χ3n) is 4.50. The summed E-state index contributed by atoms with van der Waals surface area (Å²) < 4.78 is 0. The second kappa shape index (κ2) is 8.84. The Bertz CT molecular complexity index is 1190. The Labute approximate surface area is 175 Å². The number of aromatic nitrogens is 3. The van der Waals surface area contributed by atoms with Crippen molar-refractivity contribution in [1.29, 1.82) is 0 Å². The summed E-state index contributed by atoms with van der Waals surface area (Å²) in [6.07, 6.45) is 3.56. The Morgan fingerprint density at radius 1 is 0.633 bits per heavy atom. The Balaban J connectivity index is 1.57. The maximum atomic E-state index is 4.43. The normalized spacial score (nSPS) is 10.8. The molecule has 0 radical (unpaired) electrons. The highest BCUT2D eigenvalue weighted by atomic mass is 15.2. The van der Waals surface area contributed by atoms with Crippen LogP contribution in [-0.2, 0) is 0 Å². The van der Waals surface area contributed by atoms with Gasteiger partial charge in [0.05, 0.1) is 0 Å². The molecule has 5 heteroatoms. The minimum atomic E-state index is 0.245. The lowest BCUT2D eigenvalue weighted by molar-refractivity contribution is 1.04. The molecule has 0 N–H and O–H groups in total. The number of hydrogen-bond donors (Lipinski definition) is 0. The minimum Gasteiger partial charge on any atom is -0.228 e. The van der Waals surface area contributed by atoms with Gasteiger partial charge in [-0.05, 0) is 29.0 Å². The van der Waals surface area contributed by atoms with Crippen LogP contribution in [0.2, 0.25) is 0 Å². The Morgan fingerprint density at radius 3 is 1.83 bits per heavy atom. The molecule has 144 valence electrons. The van der Waals surface area contributed by atoms with Crippen LogP contribution in [0, 0.1) is 0 Å². The summed E-state index contributed by atoms with van der Waals surface area (Å²) in [4.78, 5) is 21.2. The van der Waals surface area contributed by atoms with E-state index >= 15 is 0 Å². The van der Waals surface area contributed by atoms with Crippen molar-refractivity contribution in [3.63, 3.8) is 0 Å². The van der Waals surface area contributed by atoms with E-state index in [4.69, 9.17) is 0 Å². The second-order valence-corrected chi connectivity index (χ2v) is 6.49. The van der Waals surface area contributed by atoms with Crippen molar-refractivity contribution in [2.75, 3.05) is 0 Å². The highest BCUT2D eigenvalue weighted by Crippen LogP contribution is 2.22. The van der Waals surface area contributed by atoms with Gasteiger partial charge in [0, 0.05) is 11.8 Å². The maximum Gasteiger partial charge on any atom is 0.254 e. The van der Waals surface area contributed by atoms with Gasteiger partial charge in [-0.3, -0.25) is 0 Å². The molecule has 1 heterocycles. The van der Waals surface area contributed by atoms with Crippen LogP contribution in [-0.4, -0.2) is 27.9 Å². The van der Waals surface area contributed by atoms with Gasteiger partial charge < -0.3 is 0 Å². The predicted molar refractivity (Wildman–Crippen MR) is 124 cm³/mol. The molecule has 0 amide bonds. The van der Waals surface area contributed by atoms with Gasteiger partial charge in [-0.2, -0.15) is 15.0 Å². The molecular weight excluding hydrogens is 370 g/mol. The van der Waals surface area contributed by atoms with Crippen molar-refractivity contribution >= 4 is 30.9 Å². The molecule has 0 spiro atoms. The van der Waals surface area contributed by atoms with Crippen LogP contribution in [0.4, 0.5) is 11.9 Å². The summed E-state index contributed by atoms with van der Waals surface area (Å²) >= 11 is 0. The van der Waals surface area contributed by atoms with Crippen LogP contribution in [0.15, 0.2) is 95.4 Å². The monoisotopic (exact) mass is 389 g/mol. The SMILES string of the molecule is C=Cc1ccc(-c2ccc(C=Nc3nc(N=C)nc(-c4ccccc4)n3)cc2)cc1. The van der Waals surface area contributed by atoms with Crippen LogP contribution in [0.25, 0.3) is 28.6 Å². The molecular formula is C25H19N5. The fraction of sp³-hybridized carbons (Fsp3) is 0. The summed E-state index contributed by atoms with van der Waals surface area (Å²) in [7, 11) is 0. The van der Waals surface area contributed by atoms with Crippen LogP contribution in [0.3, 0.4) is 0 Å². The lowest BCUT2D eigenvalue weighted by atomic mass is 10.0. The highest BCUT2D eigenvalue weighted by molar-refractivity contribution is 5.82. The molecule has 0 aliphatic rings. The van der Waals surface area contributed by atoms with Gasteiger partial charge in [-0.25, -0.2) is 9.98 Å². The molecule has 4 rings (SSSR count). The third-order valence-corrected chi connectivity index (χ3v) is 4.50. The van der Waals surface area contributed by atoms with Gasteiger partial charge in [-0.1, -0.05) is 91.5 Å². The van der Waals surface area contributed by atoms with Crippen molar-refractivity contribution in [3.05, 3.63) is 96.6 Å². The lowest BCUT2D eigenvalue weighted by Gasteiger charge is -2.03. The molecule has 4 aromatic rings. The van der Waals surface area contributed by atoms with Gasteiger partial charge in [0.2, 0.25) is 0 Å². The standard InChI is InChI=1S/C25H19N5/c1-3-18-9-13-20(14-10-18)21-15-11-19(12-16-21)17-27-25-29-23(28-24(26-2)30-25)22-7-5-4-6-8-22/h3-17H,1-2H2. The molecule has 0 aliphatic heterocycles. The number of aliphatic imine (C=N–C) groups is 2. The zero-order valence-electron chi connectivity index (χ0n) is 16.3. The van der Waals surface area contributed by atoms with Crippen LogP contribution in [0.1, 0.15) is 11.1 Å². The molecule has 0 aliphatic carbocycles. The lowest BCUT2D eigenvalue weighted by Crippen LogP contribution is -1.93. The Hall–Kier alpha value is -4.25. The molecule has 0 saturated heterocycles. The van der Waals surface area contributed by atoms with Crippen molar-refractivity contribution < 1.29 is 0 Å². The number of nitrogens with zero attached hydrogens (tertiary/aromatic N) is 5. The minimum absolute atomic E-state index is 0.245. The van der Waals surface area contributed by atoms with E-state index in [1.807, 2.05) is 60.7 Å². The quantitative estimate of drug-likeness (QED) is 0.384. The highest BCUT2D eigenvalue weighted by Gasteiger charge is 2.06. The zero-order chi connectivity index (χ0) is 20.8. The molecule has 0 atom stereocenters. The molecule has 30 heavy (non-hydrogen) atoms. The smallest absolute Gasteiger partial charge is 0.228 e. The van der Waals surface area contributed by atoms with Crippen molar-refractivity contribution in [1.82, 2.24) is 15.0 Å². The van der Waals surface area contributed by atoms with E-state index in [1.54, 1.807) is 6.21 Å². The van der Waals surface area contributed by atoms with Crippen molar-refractivity contribution in [3.8, 4) is 22.5 Å². The first-order valence-corrected chi connectivity index (χ1v) is 9.40. The third kappa shape index (κ3) is 4.42. The predicted octanol–water partition coefficient (Wildman–Crippen LogP) is 5.93. The average Bonchev–Trinajstić information content (AvgIpc) is 2.83. The molecule has 0 fully saturated rings. The van der Waals surface area contributed by atoms with E-state index < -0.39 is 0 Å².